The Hall–Kier alpha value is -1.30. The molecule has 1 atom stereocenters. The molecule has 6 heteroatoms. The number of hydrogen-bond acceptors (Lipinski definition) is 3. The van der Waals surface area contributed by atoms with Crippen molar-refractivity contribution in [2.24, 2.45) is 11.5 Å². The van der Waals surface area contributed by atoms with Crippen LogP contribution in [0.2, 0.25) is 0 Å². The molecule has 136 valence electrons. The fraction of sp³-hybridized carbons (Fsp3) is 0.882. The zero-order chi connectivity index (χ0) is 17.5. The van der Waals surface area contributed by atoms with Crippen molar-refractivity contribution < 1.29 is 14.7 Å². The maximum Gasteiger partial charge on any atom is 0.314 e. The third kappa shape index (κ3) is 14.0. The number of rotatable bonds is 15. The monoisotopic (exact) mass is 329 g/mol. The van der Waals surface area contributed by atoms with Crippen LogP contribution < -0.4 is 11.5 Å². The highest BCUT2D eigenvalue weighted by Gasteiger charge is 2.10. The van der Waals surface area contributed by atoms with E-state index in [0.717, 1.165) is 57.8 Å². The zero-order valence-corrected chi connectivity index (χ0v) is 14.6. The SMILES string of the molecule is CCCCCC(O)CCCN(CCCCCCC(N)=O)C(N)=O. The second-order valence-electron chi connectivity index (χ2n) is 6.25. The number of urea groups is 1. The highest BCUT2D eigenvalue weighted by atomic mass is 16.3. The first-order chi connectivity index (χ1) is 11.0. The minimum absolute atomic E-state index is 0.263. The molecule has 0 bridgehead atoms. The van der Waals surface area contributed by atoms with Gasteiger partial charge in [0.2, 0.25) is 5.91 Å². The number of nitrogens with two attached hydrogens (primary N) is 2. The number of amides is 3. The molecule has 0 aromatic rings. The Morgan fingerprint density at radius 2 is 1.52 bits per heavy atom. The van der Waals surface area contributed by atoms with Gasteiger partial charge in [-0.05, 0) is 32.1 Å². The van der Waals surface area contributed by atoms with E-state index in [1.165, 1.54) is 0 Å². The van der Waals surface area contributed by atoms with Crippen LogP contribution in [0.1, 0.15) is 77.6 Å². The van der Waals surface area contributed by atoms with E-state index in [2.05, 4.69) is 6.92 Å². The molecule has 0 spiro atoms. The quantitative estimate of drug-likeness (QED) is 0.401. The van der Waals surface area contributed by atoms with Gasteiger partial charge in [0.1, 0.15) is 0 Å². The van der Waals surface area contributed by atoms with Gasteiger partial charge >= 0.3 is 6.03 Å². The van der Waals surface area contributed by atoms with Crippen LogP contribution >= 0.6 is 0 Å². The van der Waals surface area contributed by atoms with Crippen LogP contribution in [0.5, 0.6) is 0 Å². The van der Waals surface area contributed by atoms with Gasteiger partial charge in [-0.15, -0.1) is 0 Å². The highest BCUT2D eigenvalue weighted by Crippen LogP contribution is 2.10. The van der Waals surface area contributed by atoms with Gasteiger partial charge in [-0.25, -0.2) is 4.79 Å². The summed E-state index contributed by atoms with van der Waals surface area (Å²) in [5, 5.41) is 9.87. The smallest absolute Gasteiger partial charge is 0.314 e. The summed E-state index contributed by atoms with van der Waals surface area (Å²) in [5.41, 5.74) is 10.5. The molecule has 5 N–H and O–H groups in total. The average molecular weight is 329 g/mol. The van der Waals surface area contributed by atoms with Crippen molar-refractivity contribution in [3.05, 3.63) is 0 Å². The van der Waals surface area contributed by atoms with Gasteiger partial charge < -0.3 is 21.5 Å². The Morgan fingerprint density at radius 1 is 0.913 bits per heavy atom. The number of nitrogens with zero attached hydrogens (tertiary/aromatic N) is 1. The van der Waals surface area contributed by atoms with Crippen molar-refractivity contribution in [1.82, 2.24) is 4.90 Å². The molecule has 0 heterocycles. The molecule has 0 saturated heterocycles. The number of unbranched alkanes of at least 4 members (excludes halogenated alkanes) is 5. The molecular weight excluding hydrogens is 294 g/mol. The van der Waals surface area contributed by atoms with Crippen LogP contribution in [0.3, 0.4) is 0 Å². The summed E-state index contributed by atoms with van der Waals surface area (Å²) in [4.78, 5) is 23.7. The Labute approximate surface area is 140 Å². The largest absolute Gasteiger partial charge is 0.393 e. The van der Waals surface area contributed by atoms with Crippen LogP contribution in [0.25, 0.3) is 0 Å². The van der Waals surface area contributed by atoms with Crippen molar-refractivity contribution >= 4 is 11.9 Å². The van der Waals surface area contributed by atoms with E-state index in [9.17, 15) is 14.7 Å². The Morgan fingerprint density at radius 3 is 2.13 bits per heavy atom. The van der Waals surface area contributed by atoms with E-state index in [0.29, 0.717) is 25.9 Å². The van der Waals surface area contributed by atoms with E-state index in [-0.39, 0.29) is 12.0 Å². The van der Waals surface area contributed by atoms with Crippen LogP contribution in [0.4, 0.5) is 4.79 Å². The molecule has 0 radical (unpaired) electrons. The fourth-order valence-electron chi connectivity index (χ4n) is 2.58. The lowest BCUT2D eigenvalue weighted by Gasteiger charge is -2.21. The molecule has 23 heavy (non-hydrogen) atoms. The summed E-state index contributed by atoms with van der Waals surface area (Å²) >= 11 is 0. The van der Waals surface area contributed by atoms with Gasteiger partial charge in [0.25, 0.3) is 0 Å². The second kappa shape index (κ2) is 14.3. The third-order valence-electron chi connectivity index (χ3n) is 4.02. The van der Waals surface area contributed by atoms with E-state index in [1.54, 1.807) is 4.90 Å². The summed E-state index contributed by atoms with van der Waals surface area (Å²) in [5.74, 6) is -0.263. The first-order valence-electron chi connectivity index (χ1n) is 8.98. The second-order valence-corrected chi connectivity index (χ2v) is 6.25. The zero-order valence-electron chi connectivity index (χ0n) is 14.6. The highest BCUT2D eigenvalue weighted by molar-refractivity contribution is 5.73. The van der Waals surface area contributed by atoms with Gasteiger partial charge in [0.15, 0.2) is 0 Å². The van der Waals surface area contributed by atoms with Crippen molar-refractivity contribution in [3.63, 3.8) is 0 Å². The lowest BCUT2D eigenvalue weighted by molar-refractivity contribution is -0.118. The first-order valence-corrected chi connectivity index (χ1v) is 8.98. The van der Waals surface area contributed by atoms with Gasteiger partial charge in [0.05, 0.1) is 6.10 Å². The molecule has 0 saturated carbocycles. The molecule has 3 amide bonds. The summed E-state index contributed by atoms with van der Waals surface area (Å²) in [6, 6.07) is -0.400. The van der Waals surface area contributed by atoms with Gasteiger partial charge in [-0.2, -0.15) is 0 Å². The molecule has 0 rings (SSSR count). The van der Waals surface area contributed by atoms with Gasteiger partial charge in [-0.1, -0.05) is 39.0 Å². The maximum atomic E-state index is 11.4. The Kier molecular flexibility index (Phi) is 13.5. The lowest BCUT2D eigenvalue weighted by Crippen LogP contribution is -2.37. The van der Waals surface area contributed by atoms with Crippen molar-refractivity contribution in [1.29, 1.82) is 0 Å². The standard InChI is InChI=1S/C17H35N3O3/c1-2-3-6-10-15(21)11-9-14-20(17(19)23)13-8-5-4-7-12-16(18)22/h15,21H,2-14H2,1H3,(H2,18,22)(H2,19,23). The molecule has 0 aliphatic carbocycles. The molecule has 0 aromatic heterocycles. The van der Waals surface area contributed by atoms with Crippen molar-refractivity contribution in [2.45, 2.75) is 83.7 Å². The van der Waals surface area contributed by atoms with Crippen LogP contribution in [0, 0.1) is 0 Å². The van der Waals surface area contributed by atoms with Gasteiger partial charge in [0, 0.05) is 19.5 Å². The predicted octanol–water partition coefficient (Wildman–Crippen LogP) is 2.52. The summed E-state index contributed by atoms with van der Waals surface area (Å²) in [6.45, 7) is 3.38. The molecule has 1 unspecified atom stereocenters. The van der Waals surface area contributed by atoms with Crippen LogP contribution in [-0.4, -0.2) is 41.1 Å². The van der Waals surface area contributed by atoms with E-state index < -0.39 is 6.03 Å². The molecular formula is C17H35N3O3. The number of aliphatic hydroxyl groups excluding tert-OH is 1. The van der Waals surface area contributed by atoms with Crippen molar-refractivity contribution in [2.75, 3.05) is 13.1 Å². The van der Waals surface area contributed by atoms with Gasteiger partial charge in [-0.3, -0.25) is 4.79 Å². The molecule has 0 aliphatic heterocycles. The number of aliphatic hydroxyl groups is 1. The molecule has 0 aromatic carbocycles. The normalized spacial score (nSPS) is 12.1. The Bertz CT molecular complexity index is 324. The van der Waals surface area contributed by atoms with Crippen molar-refractivity contribution in [3.8, 4) is 0 Å². The number of carbonyl (C=O) groups is 2. The average Bonchev–Trinajstić information content (AvgIpc) is 2.48. The summed E-state index contributed by atoms with van der Waals surface area (Å²) in [6.07, 6.45) is 9.41. The Balaban J connectivity index is 3.73. The number of primary amides is 2. The minimum Gasteiger partial charge on any atom is -0.393 e. The number of hydrogen-bond donors (Lipinski definition) is 3. The molecule has 6 nitrogen and oxygen atoms in total. The minimum atomic E-state index is -0.400. The first kappa shape index (κ1) is 21.7. The lowest BCUT2D eigenvalue weighted by atomic mass is 10.1. The summed E-state index contributed by atoms with van der Waals surface area (Å²) < 4.78 is 0. The number of carbonyl (C=O) groups excluding carboxylic acids is 2. The van der Waals surface area contributed by atoms with E-state index in [4.69, 9.17) is 11.5 Å². The fourth-order valence-corrected chi connectivity index (χ4v) is 2.58. The van der Waals surface area contributed by atoms with Crippen LogP contribution in [-0.2, 0) is 4.79 Å². The predicted molar refractivity (Wildman–Crippen MR) is 92.8 cm³/mol. The molecule has 0 aliphatic rings. The van der Waals surface area contributed by atoms with E-state index >= 15 is 0 Å². The molecule has 0 fully saturated rings. The van der Waals surface area contributed by atoms with E-state index in [1.807, 2.05) is 0 Å². The summed E-state index contributed by atoms with van der Waals surface area (Å²) in [7, 11) is 0. The maximum absolute atomic E-state index is 11.4. The topological polar surface area (TPSA) is 110 Å². The van der Waals surface area contributed by atoms with Crippen LogP contribution in [0.15, 0.2) is 0 Å². The third-order valence-corrected chi connectivity index (χ3v) is 4.02.